The van der Waals surface area contributed by atoms with Gasteiger partial charge in [-0.2, -0.15) is 0 Å². The Morgan fingerprint density at radius 1 is 0.800 bits per heavy atom. The van der Waals surface area contributed by atoms with Crippen LogP contribution < -0.4 is 0 Å². The van der Waals surface area contributed by atoms with Gasteiger partial charge in [0.25, 0.3) is 0 Å². The van der Waals surface area contributed by atoms with Crippen molar-refractivity contribution in [2.75, 3.05) is 0 Å². The van der Waals surface area contributed by atoms with Gasteiger partial charge in [-0.15, -0.1) is 0 Å². The minimum Gasteiger partial charge on any atom is -0.544 e. The Balaban J connectivity index is 4.30. The van der Waals surface area contributed by atoms with E-state index in [-0.39, 0.29) is 11.7 Å². The first kappa shape index (κ1) is 31.9. The normalized spacial score (nSPS) is 19.3. The van der Waals surface area contributed by atoms with Crippen molar-refractivity contribution in [3.63, 3.8) is 0 Å². The summed E-state index contributed by atoms with van der Waals surface area (Å²) in [6, 6.07) is 0. The van der Waals surface area contributed by atoms with Gasteiger partial charge in [0.1, 0.15) is 17.1 Å². The van der Waals surface area contributed by atoms with Crippen LogP contribution in [0.2, 0.25) is 58.9 Å². The zero-order valence-electron chi connectivity index (χ0n) is 25.3. The van der Waals surface area contributed by atoms with Gasteiger partial charge < -0.3 is 13.3 Å². The van der Waals surface area contributed by atoms with E-state index in [1.807, 2.05) is 13.8 Å². The van der Waals surface area contributed by atoms with Crippen molar-refractivity contribution in [3.05, 3.63) is 46.0 Å². The summed E-state index contributed by atoms with van der Waals surface area (Å²) in [4.78, 5) is 13.9. The van der Waals surface area contributed by atoms with Gasteiger partial charge in [0, 0.05) is 17.9 Å². The quantitative estimate of drug-likeness (QED) is 0.185. The maximum Gasteiger partial charge on any atom is 0.242 e. The van der Waals surface area contributed by atoms with Crippen LogP contribution in [0, 0.1) is 5.92 Å². The third-order valence-electron chi connectivity index (χ3n) is 5.16. The highest BCUT2D eigenvalue weighted by Gasteiger charge is 2.54. The van der Waals surface area contributed by atoms with Crippen molar-refractivity contribution in [3.8, 4) is 0 Å². The number of allylic oxidation sites excluding steroid dienone is 4. The Hall–Kier alpha value is -1.16. The molecular formula is C28H52O4Si3. The van der Waals surface area contributed by atoms with Crippen LogP contribution in [0.15, 0.2) is 46.0 Å². The monoisotopic (exact) mass is 536 g/mol. The van der Waals surface area contributed by atoms with E-state index in [9.17, 15) is 4.79 Å². The summed E-state index contributed by atoms with van der Waals surface area (Å²) < 4.78 is 20.9. The molecule has 200 valence electrons. The van der Waals surface area contributed by atoms with E-state index in [1.165, 1.54) is 11.1 Å². The predicted molar refractivity (Wildman–Crippen MR) is 158 cm³/mol. The second kappa shape index (κ2) is 11.5. The molecule has 0 aromatic heterocycles. The molecule has 0 fully saturated rings. The molecule has 0 amide bonds. The molecule has 0 heterocycles. The van der Waals surface area contributed by atoms with Crippen molar-refractivity contribution in [1.82, 2.24) is 0 Å². The lowest BCUT2D eigenvalue weighted by molar-refractivity contribution is -0.118. The predicted octanol–water partition coefficient (Wildman–Crippen LogP) is 8.74. The fraction of sp³-hybridized carbons (Fsp3) is 0.679. The molecule has 0 aromatic rings. The van der Waals surface area contributed by atoms with Crippen LogP contribution in [0.25, 0.3) is 0 Å². The zero-order chi connectivity index (χ0) is 27.6. The molecule has 0 bridgehead atoms. The first-order chi connectivity index (χ1) is 15.6. The van der Waals surface area contributed by atoms with E-state index < -0.39 is 30.6 Å². The third-order valence-corrected chi connectivity index (χ3v) is 7.76. The molecule has 0 N–H and O–H groups in total. The second-order valence-corrected chi connectivity index (χ2v) is 26.8. The lowest BCUT2D eigenvalue weighted by Gasteiger charge is -2.41. The van der Waals surface area contributed by atoms with Gasteiger partial charge in [-0.3, -0.25) is 4.79 Å². The van der Waals surface area contributed by atoms with E-state index >= 15 is 0 Å². The number of Topliss-reactive ketones (excluding diaryl/α,β-unsaturated/α-hetero) is 1. The van der Waals surface area contributed by atoms with E-state index in [0.717, 1.165) is 5.57 Å². The lowest BCUT2D eigenvalue weighted by atomic mass is 9.88. The number of ketones is 1. The molecule has 7 heteroatoms. The molecule has 1 aliphatic carbocycles. The molecule has 0 aliphatic heterocycles. The number of hydrogen-bond donors (Lipinski definition) is 0. The molecular weight excluding hydrogens is 485 g/mol. The van der Waals surface area contributed by atoms with Crippen molar-refractivity contribution in [1.29, 1.82) is 0 Å². The molecule has 1 aliphatic rings. The minimum atomic E-state index is -2.11. The molecule has 35 heavy (non-hydrogen) atoms. The highest BCUT2D eigenvalue weighted by atomic mass is 28.4. The van der Waals surface area contributed by atoms with Crippen LogP contribution in [-0.2, 0) is 18.1 Å². The smallest absolute Gasteiger partial charge is 0.242 e. The lowest BCUT2D eigenvalue weighted by Crippen LogP contribution is -2.47. The van der Waals surface area contributed by atoms with Crippen LogP contribution in [0.4, 0.5) is 0 Å². The van der Waals surface area contributed by atoms with Gasteiger partial charge in [0.15, 0.2) is 14.1 Å². The molecule has 4 nitrogen and oxygen atoms in total. The van der Waals surface area contributed by atoms with Crippen molar-refractivity contribution >= 4 is 30.7 Å². The molecule has 1 atom stereocenters. The van der Waals surface area contributed by atoms with Crippen molar-refractivity contribution in [2.45, 2.75) is 119 Å². The van der Waals surface area contributed by atoms with Gasteiger partial charge in [-0.1, -0.05) is 37.1 Å². The van der Waals surface area contributed by atoms with Crippen molar-refractivity contribution in [2.24, 2.45) is 5.92 Å². The standard InChI is InChI=1S/C28H52O4Si3/c1-20(2)16-17-23-26(30-33(7,8)9)24(25(29)22(5)6)27(31-34(10,11)12)28(23,19-18-21(3)4)32-35(13,14)15/h16,18,22H,17,19H2,1-15H3. The van der Waals surface area contributed by atoms with E-state index in [1.54, 1.807) is 0 Å². The van der Waals surface area contributed by atoms with Crippen LogP contribution >= 0.6 is 0 Å². The minimum absolute atomic E-state index is 0.0689. The van der Waals surface area contributed by atoms with Gasteiger partial charge in [0.05, 0.1) is 5.57 Å². The molecule has 0 spiro atoms. The molecule has 0 saturated carbocycles. The summed E-state index contributed by atoms with van der Waals surface area (Å²) in [6.07, 6.45) is 5.74. The van der Waals surface area contributed by atoms with Crippen LogP contribution in [-0.4, -0.2) is 36.3 Å². The highest BCUT2D eigenvalue weighted by Crippen LogP contribution is 2.52. The van der Waals surface area contributed by atoms with Gasteiger partial charge in [-0.25, -0.2) is 0 Å². The van der Waals surface area contributed by atoms with Crippen molar-refractivity contribution < 1.29 is 18.1 Å². The Morgan fingerprint density at radius 2 is 1.29 bits per heavy atom. The molecule has 1 unspecified atom stereocenters. The number of carbonyl (C=O) groups excluding carboxylic acids is 1. The van der Waals surface area contributed by atoms with Crippen LogP contribution in [0.5, 0.6) is 0 Å². The van der Waals surface area contributed by atoms with Gasteiger partial charge in [-0.05, 0) is 93.0 Å². The molecule has 0 radical (unpaired) electrons. The topological polar surface area (TPSA) is 44.8 Å². The number of rotatable bonds is 12. The van der Waals surface area contributed by atoms with E-state index in [4.69, 9.17) is 13.3 Å². The molecule has 0 saturated heterocycles. The average Bonchev–Trinajstić information content (AvgIpc) is 2.82. The number of carbonyl (C=O) groups is 1. The van der Waals surface area contributed by atoms with Crippen LogP contribution in [0.3, 0.4) is 0 Å². The van der Waals surface area contributed by atoms with E-state index in [2.05, 4.69) is 98.8 Å². The Labute approximate surface area is 219 Å². The molecule has 1 rings (SSSR count). The summed E-state index contributed by atoms with van der Waals surface area (Å²) in [5, 5.41) is 0. The summed E-state index contributed by atoms with van der Waals surface area (Å²) in [7, 11) is -6.27. The fourth-order valence-corrected chi connectivity index (χ4v) is 7.01. The first-order valence-electron chi connectivity index (χ1n) is 13.0. The maximum atomic E-state index is 13.9. The highest BCUT2D eigenvalue weighted by molar-refractivity contribution is 6.71. The summed E-state index contributed by atoms with van der Waals surface area (Å²) >= 11 is 0. The second-order valence-electron chi connectivity index (χ2n) is 13.5. The fourth-order valence-electron chi connectivity index (χ4n) is 3.95. The van der Waals surface area contributed by atoms with E-state index in [0.29, 0.717) is 29.9 Å². The Morgan fingerprint density at radius 3 is 1.66 bits per heavy atom. The SMILES string of the molecule is CC(C)=CCC1=C(O[Si](C)(C)C)C(C(=O)C(C)C)=C(O[Si](C)(C)C)C1(CC=C(C)C)O[Si](C)(C)C. The van der Waals surface area contributed by atoms with Gasteiger partial charge in [0.2, 0.25) is 16.6 Å². The zero-order valence-corrected chi connectivity index (χ0v) is 28.3. The summed E-state index contributed by atoms with van der Waals surface area (Å²) in [6.45, 7) is 32.0. The maximum absolute atomic E-state index is 13.9. The number of hydrogen-bond acceptors (Lipinski definition) is 4. The average molecular weight is 537 g/mol. The summed E-state index contributed by atoms with van der Waals surface area (Å²) in [5.74, 6) is 1.30. The van der Waals surface area contributed by atoms with Crippen LogP contribution in [0.1, 0.15) is 54.4 Å². The third kappa shape index (κ3) is 9.34. The van der Waals surface area contributed by atoms with Gasteiger partial charge >= 0.3 is 0 Å². The Bertz CT molecular complexity index is 911. The molecule has 0 aromatic carbocycles. The summed E-state index contributed by atoms with van der Waals surface area (Å²) in [5.41, 5.74) is 3.25. The largest absolute Gasteiger partial charge is 0.544 e. The first-order valence-corrected chi connectivity index (χ1v) is 23.2. The Kier molecular flexibility index (Phi) is 10.5.